The average molecular weight is 368 g/mol. The molecule has 1 aromatic rings. The lowest BCUT2D eigenvalue weighted by Gasteiger charge is -2.26. The van der Waals surface area contributed by atoms with Crippen LogP contribution >= 0.6 is 11.3 Å². The van der Waals surface area contributed by atoms with E-state index in [1.807, 2.05) is 32.6 Å². The van der Waals surface area contributed by atoms with E-state index in [0.29, 0.717) is 18.7 Å². The normalized spacial score (nSPS) is 11.2. The number of carbonyl (C=O) groups is 2. The average Bonchev–Trinajstić information content (AvgIpc) is 3.00. The standard InChI is InChI=1S/C19H33N3O2S/c1-6-7-8-9-10-11-18(23)22(15(4)5)12-17-21-16(13-25-17)19(24)20-14(2)3/h13-15H,6-12H2,1-5H3,(H,20,24). The van der Waals surface area contributed by atoms with Crippen LogP contribution in [0.3, 0.4) is 0 Å². The molecule has 0 unspecified atom stereocenters. The van der Waals surface area contributed by atoms with E-state index in [4.69, 9.17) is 0 Å². The summed E-state index contributed by atoms with van der Waals surface area (Å²) in [6.07, 6.45) is 6.30. The molecule has 5 nitrogen and oxygen atoms in total. The van der Waals surface area contributed by atoms with E-state index in [9.17, 15) is 9.59 Å². The van der Waals surface area contributed by atoms with Gasteiger partial charge in [-0.3, -0.25) is 9.59 Å². The first-order valence-electron chi connectivity index (χ1n) is 9.39. The van der Waals surface area contributed by atoms with Crippen LogP contribution < -0.4 is 5.32 Å². The summed E-state index contributed by atoms with van der Waals surface area (Å²) < 4.78 is 0. The molecule has 1 N–H and O–H groups in total. The van der Waals surface area contributed by atoms with Crippen molar-refractivity contribution in [1.82, 2.24) is 15.2 Å². The summed E-state index contributed by atoms with van der Waals surface area (Å²) in [6, 6.07) is 0.207. The molecular formula is C19H33N3O2S. The van der Waals surface area contributed by atoms with Crippen LogP contribution in [0.25, 0.3) is 0 Å². The van der Waals surface area contributed by atoms with Crippen LogP contribution in [0.4, 0.5) is 0 Å². The first-order chi connectivity index (χ1) is 11.8. The number of nitrogens with one attached hydrogen (secondary N) is 1. The highest BCUT2D eigenvalue weighted by Crippen LogP contribution is 2.16. The Morgan fingerprint density at radius 3 is 2.44 bits per heavy atom. The van der Waals surface area contributed by atoms with Crippen LogP contribution in [0.1, 0.15) is 88.6 Å². The van der Waals surface area contributed by atoms with Crippen molar-refractivity contribution in [2.45, 2.75) is 91.8 Å². The molecule has 0 aliphatic heterocycles. The molecule has 142 valence electrons. The van der Waals surface area contributed by atoms with Crippen molar-refractivity contribution in [2.24, 2.45) is 0 Å². The van der Waals surface area contributed by atoms with Crippen molar-refractivity contribution >= 4 is 23.2 Å². The molecule has 0 atom stereocenters. The van der Waals surface area contributed by atoms with E-state index in [0.717, 1.165) is 17.8 Å². The highest BCUT2D eigenvalue weighted by atomic mass is 32.1. The summed E-state index contributed by atoms with van der Waals surface area (Å²) in [5.74, 6) is 0.0192. The second-order valence-electron chi connectivity index (χ2n) is 7.03. The summed E-state index contributed by atoms with van der Waals surface area (Å²) in [6.45, 7) is 10.6. The number of carbonyl (C=O) groups excluding carboxylic acids is 2. The Labute approximate surface area is 156 Å². The van der Waals surface area contributed by atoms with Gasteiger partial charge in [0.15, 0.2) is 0 Å². The minimum atomic E-state index is -0.157. The second kappa shape index (κ2) is 11.2. The number of rotatable bonds is 11. The van der Waals surface area contributed by atoms with Crippen LogP contribution in [-0.4, -0.2) is 33.8 Å². The molecule has 0 fully saturated rings. The Bertz CT molecular complexity index is 541. The van der Waals surface area contributed by atoms with E-state index in [2.05, 4.69) is 17.2 Å². The first kappa shape index (κ1) is 21.6. The molecule has 25 heavy (non-hydrogen) atoms. The van der Waals surface area contributed by atoms with Crippen molar-refractivity contribution in [3.63, 3.8) is 0 Å². The Kier molecular flexibility index (Phi) is 9.71. The zero-order valence-corrected chi connectivity index (χ0v) is 17.1. The molecule has 0 aliphatic rings. The fourth-order valence-electron chi connectivity index (χ4n) is 2.55. The molecule has 0 bridgehead atoms. The van der Waals surface area contributed by atoms with Gasteiger partial charge in [0.05, 0.1) is 6.54 Å². The van der Waals surface area contributed by atoms with Crippen molar-refractivity contribution in [1.29, 1.82) is 0 Å². The third-order valence-electron chi connectivity index (χ3n) is 3.95. The van der Waals surface area contributed by atoms with Crippen molar-refractivity contribution < 1.29 is 9.59 Å². The molecule has 0 aromatic carbocycles. The van der Waals surface area contributed by atoms with Crippen molar-refractivity contribution in [2.75, 3.05) is 0 Å². The molecule has 6 heteroatoms. The maximum atomic E-state index is 12.5. The molecule has 0 aliphatic carbocycles. The number of hydrogen-bond acceptors (Lipinski definition) is 4. The fourth-order valence-corrected chi connectivity index (χ4v) is 3.32. The smallest absolute Gasteiger partial charge is 0.270 e. The largest absolute Gasteiger partial charge is 0.349 e. The highest BCUT2D eigenvalue weighted by Gasteiger charge is 2.19. The highest BCUT2D eigenvalue weighted by molar-refractivity contribution is 7.09. The van der Waals surface area contributed by atoms with Gasteiger partial charge in [0, 0.05) is 23.9 Å². The number of thiazole rings is 1. The van der Waals surface area contributed by atoms with Gasteiger partial charge in [-0.2, -0.15) is 0 Å². The third kappa shape index (κ3) is 7.99. The number of nitrogens with zero attached hydrogens (tertiary/aromatic N) is 2. The monoisotopic (exact) mass is 367 g/mol. The van der Waals surface area contributed by atoms with Gasteiger partial charge in [-0.1, -0.05) is 32.6 Å². The van der Waals surface area contributed by atoms with Crippen molar-refractivity contribution in [3.05, 3.63) is 16.1 Å². The SMILES string of the molecule is CCCCCCCC(=O)N(Cc1nc(C(=O)NC(C)C)cs1)C(C)C. The molecule has 1 aromatic heterocycles. The summed E-state index contributed by atoms with van der Waals surface area (Å²) >= 11 is 1.44. The molecular weight excluding hydrogens is 334 g/mol. The number of amides is 2. The predicted molar refractivity (Wildman–Crippen MR) is 104 cm³/mol. The summed E-state index contributed by atoms with van der Waals surface area (Å²) in [5, 5.41) is 5.41. The zero-order valence-electron chi connectivity index (χ0n) is 16.3. The van der Waals surface area contributed by atoms with Crippen LogP contribution in [-0.2, 0) is 11.3 Å². The topological polar surface area (TPSA) is 62.3 Å². The van der Waals surface area contributed by atoms with Gasteiger partial charge >= 0.3 is 0 Å². The molecule has 0 saturated heterocycles. The Morgan fingerprint density at radius 1 is 1.16 bits per heavy atom. The second-order valence-corrected chi connectivity index (χ2v) is 7.98. The Balaban J connectivity index is 2.58. The maximum absolute atomic E-state index is 12.5. The van der Waals surface area contributed by atoms with E-state index in [1.54, 1.807) is 5.38 Å². The summed E-state index contributed by atoms with van der Waals surface area (Å²) in [4.78, 5) is 30.8. The predicted octanol–water partition coefficient (Wildman–Crippen LogP) is 4.38. The lowest BCUT2D eigenvalue weighted by Crippen LogP contribution is -2.36. The minimum Gasteiger partial charge on any atom is -0.349 e. The van der Waals surface area contributed by atoms with Gasteiger partial charge in [-0.25, -0.2) is 4.98 Å². The van der Waals surface area contributed by atoms with Gasteiger partial charge in [-0.05, 0) is 34.1 Å². The van der Waals surface area contributed by atoms with Crippen LogP contribution in [0.2, 0.25) is 0 Å². The zero-order chi connectivity index (χ0) is 18.8. The minimum absolute atomic E-state index is 0.0825. The van der Waals surface area contributed by atoms with E-state index in [-0.39, 0.29) is 23.9 Å². The molecule has 0 spiro atoms. The molecule has 1 rings (SSSR count). The van der Waals surface area contributed by atoms with Crippen LogP contribution in [0.5, 0.6) is 0 Å². The van der Waals surface area contributed by atoms with Gasteiger partial charge in [0.25, 0.3) is 5.91 Å². The summed E-state index contributed by atoms with van der Waals surface area (Å²) in [5.41, 5.74) is 0.435. The number of unbranched alkanes of at least 4 members (excludes halogenated alkanes) is 4. The lowest BCUT2D eigenvalue weighted by molar-refractivity contribution is -0.133. The van der Waals surface area contributed by atoms with Crippen LogP contribution in [0.15, 0.2) is 5.38 Å². The maximum Gasteiger partial charge on any atom is 0.270 e. The van der Waals surface area contributed by atoms with Crippen molar-refractivity contribution in [3.8, 4) is 0 Å². The van der Waals surface area contributed by atoms with E-state index >= 15 is 0 Å². The first-order valence-corrected chi connectivity index (χ1v) is 10.3. The molecule has 0 saturated carbocycles. The van der Waals surface area contributed by atoms with E-state index < -0.39 is 0 Å². The fraction of sp³-hybridized carbons (Fsp3) is 0.737. The molecule has 2 amide bonds. The lowest BCUT2D eigenvalue weighted by atomic mass is 10.1. The van der Waals surface area contributed by atoms with E-state index in [1.165, 1.54) is 30.6 Å². The third-order valence-corrected chi connectivity index (χ3v) is 4.78. The van der Waals surface area contributed by atoms with Gasteiger partial charge in [-0.15, -0.1) is 11.3 Å². The molecule has 1 heterocycles. The Morgan fingerprint density at radius 2 is 1.84 bits per heavy atom. The van der Waals surface area contributed by atoms with Gasteiger partial charge in [0.2, 0.25) is 5.91 Å². The van der Waals surface area contributed by atoms with Crippen LogP contribution in [0, 0.1) is 0 Å². The summed E-state index contributed by atoms with van der Waals surface area (Å²) in [7, 11) is 0. The van der Waals surface area contributed by atoms with Gasteiger partial charge < -0.3 is 10.2 Å². The number of aromatic nitrogens is 1. The Hall–Kier alpha value is -1.43. The quantitative estimate of drug-likeness (QED) is 0.590. The number of hydrogen-bond donors (Lipinski definition) is 1. The van der Waals surface area contributed by atoms with Gasteiger partial charge in [0.1, 0.15) is 10.7 Å². The molecule has 0 radical (unpaired) electrons.